The summed E-state index contributed by atoms with van der Waals surface area (Å²) in [6.45, 7) is 3.27. The van der Waals surface area contributed by atoms with Crippen LogP contribution in [-0.2, 0) is 12.1 Å². The summed E-state index contributed by atoms with van der Waals surface area (Å²) in [7, 11) is 1.67. The minimum absolute atomic E-state index is 0.561. The topological polar surface area (TPSA) is 51.2 Å². The molecule has 132 valence electrons. The van der Waals surface area contributed by atoms with Gasteiger partial charge in [0.1, 0.15) is 24.6 Å². The van der Waals surface area contributed by atoms with E-state index in [0.29, 0.717) is 26.3 Å². The lowest BCUT2D eigenvalue weighted by Gasteiger charge is -2.25. The Morgan fingerprint density at radius 2 is 1.84 bits per heavy atom. The molecule has 0 amide bonds. The smallest absolute Gasteiger partial charge is 0.165 e. The van der Waals surface area contributed by atoms with Crippen LogP contribution in [0.1, 0.15) is 17.5 Å². The average Bonchev–Trinajstić information content (AvgIpc) is 3.04. The van der Waals surface area contributed by atoms with Crippen molar-refractivity contribution in [1.29, 1.82) is 0 Å². The quantitative estimate of drug-likeness (QED) is 0.926. The molecule has 1 fully saturated rings. The van der Waals surface area contributed by atoms with Gasteiger partial charge in [0.15, 0.2) is 11.5 Å². The van der Waals surface area contributed by atoms with Crippen molar-refractivity contribution in [3.63, 3.8) is 0 Å². The predicted octanol–water partition coefficient (Wildman–Crippen LogP) is 2.56. The summed E-state index contributed by atoms with van der Waals surface area (Å²) >= 11 is 0. The minimum atomic E-state index is -0.789. The molecule has 0 aliphatic carbocycles. The zero-order valence-electron chi connectivity index (χ0n) is 14.4. The standard InChI is InChI=1S/C20H23NO4/c1-23-17-12-19-18(24-9-10-25-19)11-15(17)13-21-8-7-20(22,14-21)16-5-3-2-4-6-16/h2-6,11-12,22H,7-10,13-14H2,1H3/t20-/m1/s1. The second-order valence-electron chi connectivity index (χ2n) is 6.67. The van der Waals surface area contributed by atoms with E-state index >= 15 is 0 Å². The number of nitrogens with zero attached hydrogens (tertiary/aromatic N) is 1. The summed E-state index contributed by atoms with van der Waals surface area (Å²) in [4.78, 5) is 2.25. The number of hydrogen-bond donors (Lipinski definition) is 1. The second-order valence-corrected chi connectivity index (χ2v) is 6.67. The third-order valence-corrected chi connectivity index (χ3v) is 4.98. The Morgan fingerprint density at radius 1 is 1.12 bits per heavy atom. The van der Waals surface area contributed by atoms with Gasteiger partial charge in [-0.25, -0.2) is 0 Å². The van der Waals surface area contributed by atoms with Crippen LogP contribution in [0.25, 0.3) is 0 Å². The van der Waals surface area contributed by atoms with Gasteiger partial charge >= 0.3 is 0 Å². The zero-order chi connectivity index (χ0) is 17.3. The molecule has 25 heavy (non-hydrogen) atoms. The van der Waals surface area contributed by atoms with Gasteiger partial charge in [-0.05, 0) is 18.1 Å². The summed E-state index contributed by atoms with van der Waals surface area (Å²) in [5, 5.41) is 11.0. The molecule has 5 heteroatoms. The molecule has 0 radical (unpaired) electrons. The number of likely N-dealkylation sites (tertiary alicyclic amines) is 1. The highest BCUT2D eigenvalue weighted by molar-refractivity contribution is 5.51. The lowest BCUT2D eigenvalue weighted by Crippen LogP contribution is -2.30. The van der Waals surface area contributed by atoms with E-state index in [4.69, 9.17) is 14.2 Å². The van der Waals surface area contributed by atoms with Crippen LogP contribution < -0.4 is 14.2 Å². The molecular formula is C20H23NO4. The van der Waals surface area contributed by atoms with E-state index < -0.39 is 5.60 Å². The largest absolute Gasteiger partial charge is 0.496 e. The maximum absolute atomic E-state index is 11.0. The lowest BCUT2D eigenvalue weighted by molar-refractivity contribution is 0.0452. The third-order valence-electron chi connectivity index (χ3n) is 4.98. The Labute approximate surface area is 147 Å². The van der Waals surface area contributed by atoms with Crippen LogP contribution in [-0.4, -0.2) is 43.4 Å². The van der Waals surface area contributed by atoms with Crippen molar-refractivity contribution in [3.05, 3.63) is 53.6 Å². The fraction of sp³-hybridized carbons (Fsp3) is 0.400. The zero-order valence-corrected chi connectivity index (χ0v) is 14.4. The molecule has 0 bridgehead atoms. The van der Waals surface area contributed by atoms with Crippen LogP contribution in [0.4, 0.5) is 0 Å². The molecule has 0 unspecified atom stereocenters. The Kier molecular flexibility index (Phi) is 4.27. The predicted molar refractivity (Wildman–Crippen MR) is 94.2 cm³/mol. The van der Waals surface area contributed by atoms with Crippen molar-refractivity contribution >= 4 is 0 Å². The summed E-state index contributed by atoms with van der Waals surface area (Å²) in [5.74, 6) is 2.29. The number of rotatable bonds is 4. The SMILES string of the molecule is COc1cc2c(cc1CN1CC[C@](O)(c3ccccc3)C1)OCCO2. The number of benzene rings is 2. The van der Waals surface area contributed by atoms with Crippen LogP contribution in [0.2, 0.25) is 0 Å². The van der Waals surface area contributed by atoms with Gasteiger partial charge in [0.2, 0.25) is 0 Å². The normalized spacial score (nSPS) is 22.8. The molecule has 0 saturated carbocycles. The molecule has 2 aliphatic heterocycles. The first-order chi connectivity index (χ1) is 12.2. The lowest BCUT2D eigenvalue weighted by atomic mass is 9.93. The van der Waals surface area contributed by atoms with E-state index in [1.165, 1.54) is 0 Å². The molecule has 1 saturated heterocycles. The van der Waals surface area contributed by atoms with E-state index in [-0.39, 0.29) is 0 Å². The first-order valence-corrected chi connectivity index (χ1v) is 8.65. The summed E-state index contributed by atoms with van der Waals surface area (Å²) < 4.78 is 16.8. The summed E-state index contributed by atoms with van der Waals surface area (Å²) in [6, 6.07) is 13.8. The first kappa shape index (κ1) is 16.2. The maximum Gasteiger partial charge on any atom is 0.165 e. The first-order valence-electron chi connectivity index (χ1n) is 8.65. The van der Waals surface area contributed by atoms with E-state index in [9.17, 15) is 5.11 Å². The highest BCUT2D eigenvalue weighted by Crippen LogP contribution is 2.39. The molecule has 2 aromatic rings. The van der Waals surface area contributed by atoms with Crippen molar-refractivity contribution in [2.24, 2.45) is 0 Å². The van der Waals surface area contributed by atoms with Gasteiger partial charge in [0.05, 0.1) is 7.11 Å². The van der Waals surface area contributed by atoms with Crippen LogP contribution in [0.15, 0.2) is 42.5 Å². The van der Waals surface area contributed by atoms with Gasteiger partial charge in [-0.2, -0.15) is 0 Å². The van der Waals surface area contributed by atoms with Crippen LogP contribution in [0, 0.1) is 0 Å². The number of ether oxygens (including phenoxy) is 3. The highest BCUT2D eigenvalue weighted by atomic mass is 16.6. The Balaban J connectivity index is 1.53. The molecule has 0 spiro atoms. The van der Waals surface area contributed by atoms with Crippen LogP contribution in [0.3, 0.4) is 0 Å². The van der Waals surface area contributed by atoms with Crippen LogP contribution in [0.5, 0.6) is 17.2 Å². The number of β-amino-alcohol motifs (C(OH)–C–C–N with tert-alkyl or cyclic N) is 1. The number of hydrogen-bond acceptors (Lipinski definition) is 5. The van der Waals surface area contributed by atoms with Gasteiger partial charge in [0, 0.05) is 31.3 Å². The maximum atomic E-state index is 11.0. The molecule has 1 atom stereocenters. The molecule has 4 rings (SSSR count). The van der Waals surface area contributed by atoms with Crippen molar-refractivity contribution < 1.29 is 19.3 Å². The average molecular weight is 341 g/mol. The van der Waals surface area contributed by atoms with Gasteiger partial charge in [-0.15, -0.1) is 0 Å². The molecule has 2 aromatic carbocycles. The molecule has 1 N–H and O–H groups in total. The van der Waals surface area contributed by atoms with Crippen LogP contribution >= 0.6 is 0 Å². The Morgan fingerprint density at radius 3 is 2.56 bits per heavy atom. The highest BCUT2D eigenvalue weighted by Gasteiger charge is 2.37. The van der Waals surface area contributed by atoms with Crippen molar-refractivity contribution in [2.45, 2.75) is 18.6 Å². The van der Waals surface area contributed by atoms with Gasteiger partial charge in [-0.1, -0.05) is 30.3 Å². The molecule has 2 aliphatic rings. The van der Waals surface area contributed by atoms with Crippen molar-refractivity contribution in [1.82, 2.24) is 4.90 Å². The summed E-state index contributed by atoms with van der Waals surface area (Å²) in [5.41, 5.74) is 1.23. The fourth-order valence-electron chi connectivity index (χ4n) is 3.66. The van der Waals surface area contributed by atoms with Gasteiger partial charge < -0.3 is 19.3 Å². The molecule has 5 nitrogen and oxygen atoms in total. The minimum Gasteiger partial charge on any atom is -0.496 e. The van der Waals surface area contributed by atoms with Crippen molar-refractivity contribution in [2.75, 3.05) is 33.4 Å². The van der Waals surface area contributed by atoms with Crippen molar-refractivity contribution in [3.8, 4) is 17.2 Å². The molecule has 0 aromatic heterocycles. The third kappa shape index (κ3) is 3.17. The second kappa shape index (κ2) is 6.58. The monoisotopic (exact) mass is 341 g/mol. The Bertz CT molecular complexity index is 749. The van der Waals surface area contributed by atoms with E-state index in [1.807, 2.05) is 42.5 Å². The van der Waals surface area contributed by atoms with Gasteiger partial charge in [-0.3, -0.25) is 4.90 Å². The van der Waals surface area contributed by atoms with E-state index in [1.54, 1.807) is 7.11 Å². The Hall–Kier alpha value is -2.24. The number of methoxy groups -OCH3 is 1. The molecular weight excluding hydrogens is 318 g/mol. The molecule has 2 heterocycles. The van der Waals surface area contributed by atoms with E-state index in [0.717, 1.165) is 41.3 Å². The van der Waals surface area contributed by atoms with Gasteiger partial charge in [0.25, 0.3) is 0 Å². The van der Waals surface area contributed by atoms with E-state index in [2.05, 4.69) is 4.90 Å². The number of aliphatic hydroxyl groups is 1. The number of fused-ring (bicyclic) bond motifs is 1. The fourth-order valence-corrected chi connectivity index (χ4v) is 3.66. The summed E-state index contributed by atoms with van der Waals surface area (Å²) in [6.07, 6.45) is 0.726.